The smallest absolute Gasteiger partial charge is 0.0254 e. The van der Waals surface area contributed by atoms with E-state index < -0.39 is 0 Å². The Morgan fingerprint density at radius 2 is 1.95 bits per heavy atom. The summed E-state index contributed by atoms with van der Waals surface area (Å²) < 4.78 is 0. The Hall–Kier alpha value is -0.0800. The number of likely N-dealkylation sites (N-methyl/N-ethyl adjacent to an activating group) is 1. The van der Waals surface area contributed by atoms with Crippen LogP contribution in [0.4, 0.5) is 0 Å². The lowest BCUT2D eigenvalue weighted by Gasteiger charge is -2.46. The van der Waals surface area contributed by atoms with E-state index >= 15 is 0 Å². The van der Waals surface area contributed by atoms with E-state index in [0.717, 1.165) is 12.0 Å². The summed E-state index contributed by atoms with van der Waals surface area (Å²) in [5, 5.41) is 3.82. The third kappa shape index (κ3) is 5.37. The van der Waals surface area contributed by atoms with Gasteiger partial charge in [-0.1, -0.05) is 48.0 Å². The molecule has 0 aromatic rings. The molecule has 0 saturated heterocycles. The maximum absolute atomic E-state index is 3.82. The van der Waals surface area contributed by atoms with Crippen molar-refractivity contribution < 1.29 is 0 Å². The fraction of sp³-hybridized carbons (Fsp3) is 1.00. The van der Waals surface area contributed by atoms with Crippen LogP contribution in [0.15, 0.2) is 0 Å². The summed E-state index contributed by atoms with van der Waals surface area (Å²) in [6, 6.07) is 1.43. The third-order valence-corrected chi connectivity index (χ3v) is 5.13. The molecule has 2 heteroatoms. The van der Waals surface area contributed by atoms with E-state index in [1.807, 2.05) is 0 Å². The van der Waals surface area contributed by atoms with Crippen molar-refractivity contribution in [1.29, 1.82) is 0 Å². The lowest BCUT2D eigenvalue weighted by molar-refractivity contribution is 0.0588. The predicted octanol–water partition coefficient (Wildman–Crippen LogP) is 4.30. The van der Waals surface area contributed by atoms with Crippen molar-refractivity contribution in [2.24, 2.45) is 11.3 Å². The molecule has 0 aromatic carbocycles. The Morgan fingerprint density at radius 3 is 2.50 bits per heavy atom. The summed E-state index contributed by atoms with van der Waals surface area (Å²) in [6.07, 6.45) is 6.59. The second-order valence-electron chi connectivity index (χ2n) is 7.64. The van der Waals surface area contributed by atoms with E-state index in [9.17, 15) is 0 Å². The zero-order chi connectivity index (χ0) is 15.2. The van der Waals surface area contributed by atoms with Gasteiger partial charge < -0.3 is 5.32 Å². The quantitative estimate of drug-likeness (QED) is 0.714. The molecule has 0 amide bonds. The van der Waals surface area contributed by atoms with Gasteiger partial charge in [0, 0.05) is 18.6 Å². The summed E-state index contributed by atoms with van der Waals surface area (Å²) >= 11 is 0. The first-order chi connectivity index (χ1) is 9.43. The van der Waals surface area contributed by atoms with E-state index in [2.05, 4.69) is 51.8 Å². The van der Waals surface area contributed by atoms with Gasteiger partial charge in [-0.05, 0) is 50.1 Å². The van der Waals surface area contributed by atoms with Gasteiger partial charge in [0.1, 0.15) is 0 Å². The van der Waals surface area contributed by atoms with Crippen molar-refractivity contribution in [3.63, 3.8) is 0 Å². The fourth-order valence-corrected chi connectivity index (χ4v) is 3.53. The second-order valence-corrected chi connectivity index (χ2v) is 7.64. The molecule has 1 aliphatic carbocycles. The van der Waals surface area contributed by atoms with Gasteiger partial charge in [-0.3, -0.25) is 4.90 Å². The van der Waals surface area contributed by atoms with Gasteiger partial charge in [-0.2, -0.15) is 0 Å². The summed E-state index contributed by atoms with van der Waals surface area (Å²) in [5.41, 5.74) is 0.512. The molecule has 1 fully saturated rings. The van der Waals surface area contributed by atoms with Crippen LogP contribution in [0.1, 0.15) is 73.6 Å². The maximum Gasteiger partial charge on any atom is 0.0254 e. The zero-order valence-corrected chi connectivity index (χ0v) is 14.8. The van der Waals surface area contributed by atoms with Crippen molar-refractivity contribution in [3.8, 4) is 0 Å². The van der Waals surface area contributed by atoms with Crippen LogP contribution >= 0.6 is 0 Å². The highest BCUT2D eigenvalue weighted by Gasteiger charge is 2.37. The standard InChI is InChI=1S/C18H38N2/c1-7-12-19-16-10-11-18(5,6)13-17(16)20(9-3)14-15(4)8-2/h15-17,19H,7-14H2,1-6H3. The zero-order valence-electron chi connectivity index (χ0n) is 14.8. The summed E-state index contributed by atoms with van der Waals surface area (Å²) in [6.45, 7) is 17.8. The van der Waals surface area contributed by atoms with Gasteiger partial charge in [0.2, 0.25) is 0 Å². The normalized spacial score (nSPS) is 27.8. The molecular formula is C18H38N2. The fourth-order valence-electron chi connectivity index (χ4n) is 3.53. The summed E-state index contributed by atoms with van der Waals surface area (Å²) in [4.78, 5) is 2.75. The second kappa shape index (κ2) is 8.38. The Balaban J connectivity index is 2.74. The minimum absolute atomic E-state index is 0.512. The molecule has 3 unspecified atom stereocenters. The van der Waals surface area contributed by atoms with Crippen molar-refractivity contribution in [2.75, 3.05) is 19.6 Å². The first kappa shape index (κ1) is 18.0. The highest BCUT2D eigenvalue weighted by Crippen LogP contribution is 2.37. The van der Waals surface area contributed by atoms with Crippen LogP contribution < -0.4 is 5.32 Å². The molecule has 120 valence electrons. The van der Waals surface area contributed by atoms with Gasteiger partial charge in [0.15, 0.2) is 0 Å². The first-order valence-corrected chi connectivity index (χ1v) is 8.90. The molecule has 1 N–H and O–H groups in total. The van der Waals surface area contributed by atoms with Gasteiger partial charge in [0.05, 0.1) is 0 Å². The lowest BCUT2D eigenvalue weighted by Crippen LogP contribution is -2.55. The number of rotatable bonds is 8. The van der Waals surface area contributed by atoms with Crippen molar-refractivity contribution in [3.05, 3.63) is 0 Å². The largest absolute Gasteiger partial charge is 0.312 e. The molecule has 0 bridgehead atoms. The molecule has 3 atom stereocenters. The van der Waals surface area contributed by atoms with Gasteiger partial charge in [-0.25, -0.2) is 0 Å². The predicted molar refractivity (Wildman–Crippen MR) is 90.2 cm³/mol. The van der Waals surface area contributed by atoms with Crippen LogP contribution in [0.2, 0.25) is 0 Å². The molecule has 0 aromatic heterocycles. The van der Waals surface area contributed by atoms with Crippen molar-refractivity contribution in [2.45, 2.75) is 85.7 Å². The van der Waals surface area contributed by atoms with E-state index in [-0.39, 0.29) is 0 Å². The number of hydrogen-bond acceptors (Lipinski definition) is 2. The monoisotopic (exact) mass is 282 g/mol. The molecule has 0 spiro atoms. The van der Waals surface area contributed by atoms with Gasteiger partial charge in [-0.15, -0.1) is 0 Å². The molecule has 0 heterocycles. The van der Waals surface area contributed by atoms with Crippen LogP contribution in [0.3, 0.4) is 0 Å². The maximum atomic E-state index is 3.82. The average Bonchev–Trinajstić information content (AvgIpc) is 2.42. The van der Waals surface area contributed by atoms with E-state index in [1.54, 1.807) is 0 Å². The minimum atomic E-state index is 0.512. The van der Waals surface area contributed by atoms with E-state index in [0.29, 0.717) is 11.5 Å². The molecule has 20 heavy (non-hydrogen) atoms. The summed E-state index contributed by atoms with van der Waals surface area (Å²) in [5.74, 6) is 0.812. The minimum Gasteiger partial charge on any atom is -0.312 e. The van der Waals surface area contributed by atoms with Crippen LogP contribution in [0.5, 0.6) is 0 Å². The van der Waals surface area contributed by atoms with Crippen molar-refractivity contribution >= 4 is 0 Å². The van der Waals surface area contributed by atoms with Gasteiger partial charge in [0.25, 0.3) is 0 Å². The molecule has 0 radical (unpaired) electrons. The molecule has 1 aliphatic rings. The highest BCUT2D eigenvalue weighted by molar-refractivity contribution is 4.94. The lowest BCUT2D eigenvalue weighted by atomic mass is 9.72. The first-order valence-electron chi connectivity index (χ1n) is 8.90. The topological polar surface area (TPSA) is 15.3 Å². The number of nitrogens with zero attached hydrogens (tertiary/aromatic N) is 1. The Bertz CT molecular complexity index is 262. The third-order valence-electron chi connectivity index (χ3n) is 5.13. The Labute approximate surface area is 127 Å². The van der Waals surface area contributed by atoms with Crippen LogP contribution in [0, 0.1) is 11.3 Å². The molecule has 2 nitrogen and oxygen atoms in total. The van der Waals surface area contributed by atoms with Crippen LogP contribution in [0.25, 0.3) is 0 Å². The van der Waals surface area contributed by atoms with E-state index in [1.165, 1.54) is 51.7 Å². The highest BCUT2D eigenvalue weighted by atomic mass is 15.2. The number of hydrogen-bond donors (Lipinski definition) is 1. The van der Waals surface area contributed by atoms with Gasteiger partial charge >= 0.3 is 0 Å². The average molecular weight is 283 g/mol. The molecule has 1 saturated carbocycles. The summed E-state index contributed by atoms with van der Waals surface area (Å²) in [7, 11) is 0. The Kier molecular flexibility index (Phi) is 7.53. The number of nitrogens with one attached hydrogen (secondary N) is 1. The molecule has 0 aliphatic heterocycles. The SMILES string of the molecule is CCCNC1CCC(C)(C)CC1N(CC)CC(C)CC. The molecular weight excluding hydrogens is 244 g/mol. The van der Waals surface area contributed by atoms with Crippen molar-refractivity contribution in [1.82, 2.24) is 10.2 Å². The Morgan fingerprint density at radius 1 is 1.25 bits per heavy atom. The molecule has 1 rings (SSSR count). The van der Waals surface area contributed by atoms with E-state index in [4.69, 9.17) is 0 Å². The van der Waals surface area contributed by atoms with Crippen LogP contribution in [-0.2, 0) is 0 Å². The van der Waals surface area contributed by atoms with Crippen LogP contribution in [-0.4, -0.2) is 36.6 Å².